The second-order valence-electron chi connectivity index (χ2n) is 12.7. The van der Waals surface area contributed by atoms with E-state index in [1.54, 1.807) is 0 Å². The minimum atomic E-state index is -0.669. The summed E-state index contributed by atoms with van der Waals surface area (Å²) in [7, 11) is 0. The number of aliphatic carboxylic acids is 2. The molecular weight excluding hydrogens is 496 g/mol. The van der Waals surface area contributed by atoms with Gasteiger partial charge in [0.15, 0.2) is 0 Å². The van der Waals surface area contributed by atoms with Gasteiger partial charge in [-0.1, -0.05) is 187 Å². The number of carboxylic acid groups (broad SMARTS) is 2. The quantitative estimate of drug-likeness (QED) is 0.0759. The van der Waals surface area contributed by atoms with Crippen LogP contribution in [-0.4, -0.2) is 22.2 Å². The van der Waals surface area contributed by atoms with E-state index >= 15 is 0 Å². The van der Waals surface area contributed by atoms with E-state index in [0.717, 1.165) is 38.5 Å². The lowest BCUT2D eigenvalue weighted by atomic mass is 9.94. The van der Waals surface area contributed by atoms with Crippen molar-refractivity contribution in [1.82, 2.24) is 0 Å². The summed E-state index contributed by atoms with van der Waals surface area (Å²) < 4.78 is 0. The lowest BCUT2D eigenvalue weighted by molar-refractivity contribution is -0.142. The number of unbranched alkanes of at least 4 members (excludes halogenated alkanes) is 27. The molecule has 4 heteroatoms. The molecule has 0 aliphatic carbocycles. The maximum atomic E-state index is 11.7. The van der Waals surface area contributed by atoms with Gasteiger partial charge in [-0.2, -0.15) is 0 Å². The Labute approximate surface area is 249 Å². The van der Waals surface area contributed by atoms with Crippen LogP contribution in [0.3, 0.4) is 0 Å². The first-order valence-corrected chi connectivity index (χ1v) is 18.0. The summed E-state index contributed by atoms with van der Waals surface area (Å²) >= 11 is 0. The molecule has 0 bridgehead atoms. The molecule has 238 valence electrons. The Kier molecular flexibility index (Phi) is 31.6. The average Bonchev–Trinajstić information content (AvgIpc) is 2.93. The summed E-state index contributed by atoms with van der Waals surface area (Å²) in [5.41, 5.74) is 0. The molecule has 0 saturated heterocycles. The molecule has 0 rings (SSSR count). The van der Waals surface area contributed by atoms with E-state index in [1.807, 2.05) is 0 Å². The highest BCUT2D eigenvalue weighted by Crippen LogP contribution is 2.20. The van der Waals surface area contributed by atoms with Gasteiger partial charge in [-0.05, 0) is 19.3 Å². The molecule has 0 saturated carbocycles. The summed E-state index contributed by atoms with van der Waals surface area (Å²) in [6.07, 6.45) is 39.4. The van der Waals surface area contributed by atoms with Gasteiger partial charge in [0.2, 0.25) is 0 Å². The molecule has 40 heavy (non-hydrogen) atoms. The standard InChI is InChI=1S/C36H70O4/c1-2-3-4-5-6-7-8-9-13-16-19-22-25-28-31-34(36(39)40)32-29-26-23-20-17-14-11-10-12-15-18-21-24-27-30-33-35(37)38/h34H,2-33H2,1H3,(H,37,38)(H,39,40). The van der Waals surface area contributed by atoms with Crippen molar-refractivity contribution in [2.75, 3.05) is 0 Å². The van der Waals surface area contributed by atoms with Gasteiger partial charge >= 0.3 is 11.9 Å². The van der Waals surface area contributed by atoms with Gasteiger partial charge in [0.05, 0.1) is 5.92 Å². The van der Waals surface area contributed by atoms with Crippen LogP contribution >= 0.6 is 0 Å². The Morgan fingerprint density at radius 1 is 0.400 bits per heavy atom. The zero-order chi connectivity index (χ0) is 29.4. The van der Waals surface area contributed by atoms with Gasteiger partial charge in [0.25, 0.3) is 0 Å². The lowest BCUT2D eigenvalue weighted by Gasteiger charge is -2.12. The van der Waals surface area contributed by atoms with Crippen molar-refractivity contribution in [3.63, 3.8) is 0 Å². The normalized spacial score (nSPS) is 12.1. The van der Waals surface area contributed by atoms with E-state index in [-0.39, 0.29) is 5.92 Å². The number of carbonyl (C=O) groups is 2. The fourth-order valence-corrected chi connectivity index (χ4v) is 5.94. The van der Waals surface area contributed by atoms with Gasteiger partial charge in [-0.3, -0.25) is 9.59 Å². The lowest BCUT2D eigenvalue weighted by Crippen LogP contribution is -2.13. The Bertz CT molecular complexity index is 533. The van der Waals surface area contributed by atoms with Crippen molar-refractivity contribution in [2.45, 2.75) is 212 Å². The number of rotatable bonds is 34. The second kappa shape index (κ2) is 32.5. The van der Waals surface area contributed by atoms with Gasteiger partial charge in [0.1, 0.15) is 0 Å². The summed E-state index contributed by atoms with van der Waals surface area (Å²) in [6.45, 7) is 2.28. The van der Waals surface area contributed by atoms with Crippen molar-refractivity contribution in [2.24, 2.45) is 5.92 Å². The minimum absolute atomic E-state index is 0.123. The first-order chi connectivity index (χ1) is 19.6. The van der Waals surface area contributed by atoms with Crippen LogP contribution in [0.5, 0.6) is 0 Å². The summed E-state index contributed by atoms with van der Waals surface area (Å²) in [5, 5.41) is 18.2. The van der Waals surface area contributed by atoms with Crippen LogP contribution in [0.15, 0.2) is 0 Å². The van der Waals surface area contributed by atoms with E-state index in [9.17, 15) is 14.7 Å². The zero-order valence-corrected chi connectivity index (χ0v) is 26.9. The second-order valence-corrected chi connectivity index (χ2v) is 12.7. The maximum Gasteiger partial charge on any atom is 0.306 e. The van der Waals surface area contributed by atoms with Crippen LogP contribution in [-0.2, 0) is 9.59 Å². The highest BCUT2D eigenvalue weighted by atomic mass is 16.4. The van der Waals surface area contributed by atoms with Gasteiger partial charge in [0, 0.05) is 6.42 Å². The van der Waals surface area contributed by atoms with Crippen LogP contribution in [0.2, 0.25) is 0 Å². The Morgan fingerprint density at radius 2 is 0.650 bits per heavy atom. The van der Waals surface area contributed by atoms with E-state index < -0.39 is 11.9 Å². The largest absolute Gasteiger partial charge is 0.481 e. The zero-order valence-electron chi connectivity index (χ0n) is 26.9. The average molecular weight is 567 g/mol. The van der Waals surface area contributed by atoms with Crippen molar-refractivity contribution in [3.8, 4) is 0 Å². The topological polar surface area (TPSA) is 74.6 Å². The maximum absolute atomic E-state index is 11.7. The van der Waals surface area contributed by atoms with Crippen molar-refractivity contribution in [3.05, 3.63) is 0 Å². The molecule has 0 heterocycles. The molecule has 4 nitrogen and oxygen atoms in total. The van der Waals surface area contributed by atoms with Gasteiger partial charge < -0.3 is 10.2 Å². The van der Waals surface area contributed by atoms with Crippen molar-refractivity contribution >= 4 is 11.9 Å². The predicted molar refractivity (Wildman–Crippen MR) is 172 cm³/mol. The smallest absolute Gasteiger partial charge is 0.306 e. The molecule has 0 aromatic carbocycles. The monoisotopic (exact) mass is 567 g/mol. The summed E-state index contributed by atoms with van der Waals surface area (Å²) in [6, 6.07) is 0. The molecule has 0 spiro atoms. The Morgan fingerprint density at radius 3 is 0.900 bits per heavy atom. The number of carboxylic acids is 2. The fraction of sp³-hybridized carbons (Fsp3) is 0.944. The molecule has 0 aromatic heterocycles. The van der Waals surface area contributed by atoms with Crippen molar-refractivity contribution < 1.29 is 19.8 Å². The van der Waals surface area contributed by atoms with Crippen LogP contribution in [0.25, 0.3) is 0 Å². The van der Waals surface area contributed by atoms with E-state index in [1.165, 1.54) is 161 Å². The van der Waals surface area contributed by atoms with Crippen LogP contribution < -0.4 is 0 Å². The highest BCUT2D eigenvalue weighted by molar-refractivity contribution is 5.69. The summed E-state index contributed by atoms with van der Waals surface area (Å²) in [4.78, 5) is 22.1. The number of hydrogen-bond donors (Lipinski definition) is 2. The first kappa shape index (κ1) is 38.9. The Balaban J connectivity index is 3.38. The molecule has 0 aliphatic heterocycles. The number of hydrogen-bond acceptors (Lipinski definition) is 2. The van der Waals surface area contributed by atoms with Crippen LogP contribution in [0, 0.1) is 5.92 Å². The fourth-order valence-electron chi connectivity index (χ4n) is 5.94. The summed E-state index contributed by atoms with van der Waals surface area (Å²) in [5.74, 6) is -1.37. The molecule has 0 fully saturated rings. The van der Waals surface area contributed by atoms with Crippen molar-refractivity contribution in [1.29, 1.82) is 0 Å². The molecule has 0 amide bonds. The van der Waals surface area contributed by atoms with Crippen LogP contribution in [0.4, 0.5) is 0 Å². The predicted octanol–water partition coefficient (Wildman–Crippen LogP) is 12.3. The first-order valence-electron chi connectivity index (χ1n) is 18.0. The van der Waals surface area contributed by atoms with Gasteiger partial charge in [-0.25, -0.2) is 0 Å². The molecule has 2 N–H and O–H groups in total. The molecule has 1 atom stereocenters. The molecule has 0 aliphatic rings. The molecule has 1 unspecified atom stereocenters. The van der Waals surface area contributed by atoms with Crippen LogP contribution in [0.1, 0.15) is 212 Å². The highest BCUT2D eigenvalue weighted by Gasteiger charge is 2.16. The van der Waals surface area contributed by atoms with Gasteiger partial charge in [-0.15, -0.1) is 0 Å². The molecule has 0 radical (unpaired) electrons. The van der Waals surface area contributed by atoms with E-state index in [4.69, 9.17) is 5.11 Å². The minimum Gasteiger partial charge on any atom is -0.481 e. The Hall–Kier alpha value is -1.06. The molecule has 0 aromatic rings. The third kappa shape index (κ3) is 31.5. The third-order valence-corrected chi connectivity index (χ3v) is 8.70. The SMILES string of the molecule is CCCCCCCCCCCCCCCCC(CCCCCCCCCCCCCCCCCC(=O)O)C(=O)O. The third-order valence-electron chi connectivity index (χ3n) is 8.70. The molecular formula is C36H70O4. The van der Waals surface area contributed by atoms with E-state index in [2.05, 4.69) is 6.92 Å². The van der Waals surface area contributed by atoms with E-state index in [0.29, 0.717) is 6.42 Å².